The molecular formula is C3H2O2S. The van der Waals surface area contributed by atoms with Crippen molar-refractivity contribution in [3.8, 4) is 0 Å². The van der Waals surface area contributed by atoms with Crippen molar-refractivity contribution in [2.45, 2.75) is 0 Å². The second kappa shape index (κ2) is 1.26. The second-order valence-electron chi connectivity index (χ2n) is 0.801. The molecule has 0 bridgehead atoms. The Kier molecular flexibility index (Phi) is 0.759. The van der Waals surface area contributed by atoms with E-state index in [9.17, 15) is 4.79 Å². The molecular weight excluding hydrogens is 100 g/mol. The molecule has 1 rings (SSSR count). The van der Waals surface area contributed by atoms with Crippen molar-refractivity contribution in [1.82, 2.24) is 0 Å². The summed E-state index contributed by atoms with van der Waals surface area (Å²) in [6.45, 7) is 0. The normalized spacial score (nSPS) is 8.67. The first kappa shape index (κ1) is 3.61. The Bertz CT molecular complexity index is 147. The van der Waals surface area contributed by atoms with Gasteiger partial charge in [-0.15, -0.1) is 0 Å². The topological polar surface area (TPSA) is 30.2 Å². The van der Waals surface area contributed by atoms with E-state index in [0.29, 0.717) is 0 Å². The molecule has 0 saturated carbocycles. The maximum Gasteiger partial charge on any atom is 0.348 e. The van der Waals surface area contributed by atoms with E-state index in [2.05, 4.69) is 3.85 Å². The van der Waals surface area contributed by atoms with Gasteiger partial charge in [0.25, 0.3) is 0 Å². The van der Waals surface area contributed by atoms with Crippen molar-refractivity contribution >= 4 is 11.6 Å². The first-order valence-corrected chi connectivity index (χ1v) is 2.24. The SMILES string of the molecule is O=c1ccso1. The van der Waals surface area contributed by atoms with E-state index in [1.165, 1.54) is 6.07 Å². The van der Waals surface area contributed by atoms with Gasteiger partial charge in [0.15, 0.2) is 0 Å². The van der Waals surface area contributed by atoms with Gasteiger partial charge in [-0.2, -0.15) is 0 Å². The van der Waals surface area contributed by atoms with Gasteiger partial charge in [-0.05, 0) is 0 Å². The zero-order chi connectivity index (χ0) is 4.41. The van der Waals surface area contributed by atoms with E-state index in [4.69, 9.17) is 0 Å². The van der Waals surface area contributed by atoms with Crippen LogP contribution in [0.2, 0.25) is 0 Å². The first-order valence-electron chi connectivity index (χ1n) is 1.43. The second-order valence-corrected chi connectivity index (χ2v) is 1.43. The summed E-state index contributed by atoms with van der Waals surface area (Å²) < 4.78 is 4.32. The van der Waals surface area contributed by atoms with Crippen LogP contribution >= 0.6 is 11.6 Å². The molecule has 0 unspecified atom stereocenters. The quantitative estimate of drug-likeness (QED) is 0.482. The van der Waals surface area contributed by atoms with Crippen LogP contribution in [0.15, 0.2) is 20.1 Å². The first-order chi connectivity index (χ1) is 2.89. The summed E-state index contributed by atoms with van der Waals surface area (Å²) >= 11 is 1.05. The highest BCUT2D eigenvalue weighted by Gasteiger charge is 1.76. The summed E-state index contributed by atoms with van der Waals surface area (Å²) in [6.07, 6.45) is 0. The molecule has 6 heavy (non-hydrogen) atoms. The lowest BCUT2D eigenvalue weighted by Gasteiger charge is -1.48. The number of hydrogen-bond acceptors (Lipinski definition) is 3. The van der Waals surface area contributed by atoms with Crippen LogP contribution in [0, 0.1) is 0 Å². The highest BCUT2D eigenvalue weighted by atomic mass is 32.1. The molecule has 0 N–H and O–H groups in total. The molecule has 2 nitrogen and oxygen atoms in total. The van der Waals surface area contributed by atoms with Crippen LogP contribution in [0.5, 0.6) is 0 Å². The van der Waals surface area contributed by atoms with Crippen molar-refractivity contribution in [2.75, 3.05) is 0 Å². The van der Waals surface area contributed by atoms with E-state index in [-0.39, 0.29) is 5.63 Å². The third kappa shape index (κ3) is 0.490. The monoisotopic (exact) mass is 102 g/mol. The van der Waals surface area contributed by atoms with Crippen LogP contribution in [0.4, 0.5) is 0 Å². The zero-order valence-corrected chi connectivity index (χ0v) is 3.70. The average Bonchev–Trinajstić information content (AvgIpc) is 1.86. The highest BCUT2D eigenvalue weighted by molar-refractivity contribution is 7.00. The lowest BCUT2D eigenvalue weighted by molar-refractivity contribution is 0.644. The minimum atomic E-state index is -0.264. The average molecular weight is 102 g/mol. The Morgan fingerprint density at radius 3 is 2.83 bits per heavy atom. The van der Waals surface area contributed by atoms with Crippen molar-refractivity contribution < 1.29 is 3.85 Å². The molecule has 0 atom stereocenters. The third-order valence-corrected chi connectivity index (χ3v) is 0.898. The fourth-order valence-corrected chi connectivity index (χ4v) is 0.559. The summed E-state index contributed by atoms with van der Waals surface area (Å²) in [6, 6.07) is 1.38. The van der Waals surface area contributed by atoms with Crippen molar-refractivity contribution in [2.24, 2.45) is 0 Å². The lowest BCUT2D eigenvalue weighted by Crippen LogP contribution is -1.83. The van der Waals surface area contributed by atoms with Crippen LogP contribution in [0.3, 0.4) is 0 Å². The molecule has 0 aliphatic rings. The van der Waals surface area contributed by atoms with Gasteiger partial charge in [0, 0.05) is 23.1 Å². The van der Waals surface area contributed by atoms with Gasteiger partial charge < -0.3 is 3.85 Å². The van der Waals surface area contributed by atoms with Gasteiger partial charge in [-0.3, -0.25) is 0 Å². The molecule has 32 valence electrons. The standard InChI is InChI=1S/C3H2O2S/c4-3-1-2-6-5-3/h1-2H. The molecule has 0 fully saturated rings. The van der Waals surface area contributed by atoms with Gasteiger partial charge in [-0.25, -0.2) is 4.79 Å². The Morgan fingerprint density at radius 1 is 1.83 bits per heavy atom. The van der Waals surface area contributed by atoms with E-state index < -0.39 is 0 Å². The third-order valence-electron chi connectivity index (χ3n) is 0.390. The molecule has 0 radical (unpaired) electrons. The van der Waals surface area contributed by atoms with E-state index in [1.807, 2.05) is 0 Å². The fraction of sp³-hybridized carbons (Fsp3) is 0. The van der Waals surface area contributed by atoms with Gasteiger partial charge in [0.05, 0.1) is 0 Å². The van der Waals surface area contributed by atoms with Crippen molar-refractivity contribution in [1.29, 1.82) is 0 Å². The van der Waals surface area contributed by atoms with Gasteiger partial charge >= 0.3 is 5.63 Å². The minimum Gasteiger partial charge on any atom is -0.362 e. The minimum absolute atomic E-state index is 0.264. The molecule has 0 aromatic carbocycles. The Hall–Kier alpha value is -0.570. The Balaban J connectivity index is 3.41. The summed E-state index contributed by atoms with van der Waals surface area (Å²) in [7, 11) is 0. The highest BCUT2D eigenvalue weighted by Crippen LogP contribution is 1.84. The molecule has 0 aliphatic carbocycles. The number of rotatable bonds is 0. The van der Waals surface area contributed by atoms with Crippen LogP contribution in [0.1, 0.15) is 0 Å². The Labute approximate surface area is 38.3 Å². The zero-order valence-electron chi connectivity index (χ0n) is 2.88. The maximum absolute atomic E-state index is 9.91. The van der Waals surface area contributed by atoms with Crippen LogP contribution < -0.4 is 5.63 Å². The summed E-state index contributed by atoms with van der Waals surface area (Å²) in [5, 5.41) is 1.60. The Morgan fingerprint density at radius 2 is 2.67 bits per heavy atom. The molecule has 0 spiro atoms. The largest absolute Gasteiger partial charge is 0.362 e. The summed E-state index contributed by atoms with van der Waals surface area (Å²) in [5.41, 5.74) is -0.264. The van der Waals surface area contributed by atoms with Crippen molar-refractivity contribution in [3.05, 3.63) is 21.9 Å². The molecule has 0 amide bonds. The molecule has 1 aromatic heterocycles. The summed E-state index contributed by atoms with van der Waals surface area (Å²) in [5.74, 6) is 0. The van der Waals surface area contributed by atoms with Gasteiger partial charge in [-0.1, -0.05) is 0 Å². The fourth-order valence-electron chi connectivity index (χ4n) is 0.186. The predicted octanol–water partition coefficient (Wildman–Crippen LogP) is 0.701. The maximum atomic E-state index is 9.91. The van der Waals surface area contributed by atoms with Crippen LogP contribution in [-0.4, -0.2) is 0 Å². The van der Waals surface area contributed by atoms with E-state index in [1.54, 1.807) is 5.38 Å². The van der Waals surface area contributed by atoms with Crippen LogP contribution in [0.25, 0.3) is 0 Å². The molecule has 0 saturated heterocycles. The van der Waals surface area contributed by atoms with E-state index >= 15 is 0 Å². The smallest absolute Gasteiger partial charge is 0.348 e. The van der Waals surface area contributed by atoms with Gasteiger partial charge in [0.1, 0.15) is 0 Å². The predicted molar refractivity (Wildman–Crippen MR) is 22.9 cm³/mol. The lowest BCUT2D eigenvalue weighted by atomic mass is 10.8. The molecule has 1 aromatic rings. The van der Waals surface area contributed by atoms with Crippen LogP contribution in [-0.2, 0) is 0 Å². The molecule has 3 heteroatoms. The van der Waals surface area contributed by atoms with Crippen molar-refractivity contribution in [3.63, 3.8) is 0 Å². The molecule has 1 heterocycles. The van der Waals surface area contributed by atoms with E-state index in [0.717, 1.165) is 11.6 Å². The number of hydrogen-bond donors (Lipinski definition) is 0. The molecule has 0 aliphatic heterocycles. The van der Waals surface area contributed by atoms with Gasteiger partial charge in [0.2, 0.25) is 0 Å². The summed E-state index contributed by atoms with van der Waals surface area (Å²) in [4.78, 5) is 9.91.